The van der Waals surface area contributed by atoms with Gasteiger partial charge in [0, 0.05) is 27.9 Å². The summed E-state index contributed by atoms with van der Waals surface area (Å²) < 4.78 is 1.30. The van der Waals surface area contributed by atoms with Gasteiger partial charge in [-0.1, -0.05) is 12.8 Å². The molecule has 1 spiro atoms. The lowest BCUT2D eigenvalue weighted by atomic mass is 9.70. The van der Waals surface area contributed by atoms with Gasteiger partial charge < -0.3 is 5.32 Å². The third-order valence-corrected chi connectivity index (χ3v) is 5.57. The molecule has 2 fully saturated rings. The molecule has 1 unspecified atom stereocenters. The summed E-state index contributed by atoms with van der Waals surface area (Å²) >= 11 is 5.44. The van der Waals surface area contributed by atoms with E-state index < -0.39 is 0 Å². The largest absolute Gasteiger partial charge is 0.309 e. The summed E-state index contributed by atoms with van der Waals surface area (Å²) in [4.78, 5) is 0. The van der Waals surface area contributed by atoms with E-state index in [-0.39, 0.29) is 0 Å². The van der Waals surface area contributed by atoms with E-state index in [0.29, 0.717) is 11.5 Å². The summed E-state index contributed by atoms with van der Waals surface area (Å²) in [5.74, 6) is 0. The molecular formula is C11H14BrNS. The van der Waals surface area contributed by atoms with Crippen LogP contribution in [-0.2, 0) is 0 Å². The highest BCUT2D eigenvalue weighted by molar-refractivity contribution is 9.10. The first kappa shape index (κ1) is 9.37. The fourth-order valence-electron chi connectivity index (χ4n) is 2.97. The summed E-state index contributed by atoms with van der Waals surface area (Å²) in [7, 11) is 0. The first-order valence-corrected chi connectivity index (χ1v) is 7.00. The van der Waals surface area contributed by atoms with Crippen LogP contribution in [-0.4, -0.2) is 6.54 Å². The van der Waals surface area contributed by atoms with Crippen molar-refractivity contribution in [1.29, 1.82) is 0 Å². The Kier molecular flexibility index (Phi) is 2.22. The highest BCUT2D eigenvalue weighted by atomic mass is 79.9. The van der Waals surface area contributed by atoms with Gasteiger partial charge in [0.15, 0.2) is 0 Å². The third kappa shape index (κ3) is 1.22. The lowest BCUT2D eigenvalue weighted by Gasteiger charge is -2.48. The quantitative estimate of drug-likeness (QED) is 0.821. The van der Waals surface area contributed by atoms with Crippen molar-refractivity contribution in [2.75, 3.05) is 6.54 Å². The summed E-state index contributed by atoms with van der Waals surface area (Å²) in [5.41, 5.74) is 2.10. The minimum Gasteiger partial charge on any atom is -0.309 e. The van der Waals surface area contributed by atoms with Gasteiger partial charge in [0.25, 0.3) is 0 Å². The Labute approximate surface area is 97.0 Å². The highest BCUT2D eigenvalue weighted by Crippen LogP contribution is 2.54. The molecule has 3 rings (SSSR count). The summed E-state index contributed by atoms with van der Waals surface area (Å²) in [6, 6.07) is 0.630. The molecule has 1 nitrogen and oxygen atoms in total. The number of hydrogen-bond donors (Lipinski definition) is 1. The maximum Gasteiger partial charge on any atom is 0.0409 e. The molecule has 76 valence electrons. The van der Waals surface area contributed by atoms with Crippen molar-refractivity contribution in [2.45, 2.75) is 31.7 Å². The predicted octanol–water partition coefficient (Wildman–Crippen LogP) is 3.72. The standard InChI is InChI=1S/C11H14BrNS/c12-9-6-14-5-8(9)10-11(7-13-10)3-1-2-4-11/h5-6,10,13H,1-4,7H2. The predicted molar refractivity (Wildman–Crippen MR) is 63.7 cm³/mol. The molecule has 1 saturated heterocycles. The molecule has 1 saturated carbocycles. The van der Waals surface area contributed by atoms with E-state index in [0.717, 1.165) is 0 Å². The fourth-order valence-corrected chi connectivity index (χ4v) is 4.53. The Hall–Kier alpha value is 0.140. The van der Waals surface area contributed by atoms with Gasteiger partial charge >= 0.3 is 0 Å². The van der Waals surface area contributed by atoms with E-state index in [9.17, 15) is 0 Å². The molecule has 2 aliphatic rings. The molecule has 1 aromatic rings. The SMILES string of the molecule is Brc1cscc1C1NCC12CCCC2. The Balaban J connectivity index is 1.90. The molecule has 0 bridgehead atoms. The zero-order valence-corrected chi connectivity index (χ0v) is 10.5. The zero-order chi connectivity index (χ0) is 9.60. The van der Waals surface area contributed by atoms with Gasteiger partial charge in [0.05, 0.1) is 0 Å². The fraction of sp³-hybridized carbons (Fsp3) is 0.636. The van der Waals surface area contributed by atoms with Crippen molar-refractivity contribution < 1.29 is 0 Å². The van der Waals surface area contributed by atoms with Gasteiger partial charge in [-0.3, -0.25) is 0 Å². The normalized spacial score (nSPS) is 29.4. The molecule has 1 N–H and O–H groups in total. The van der Waals surface area contributed by atoms with Crippen molar-refractivity contribution in [3.8, 4) is 0 Å². The van der Waals surface area contributed by atoms with Crippen LogP contribution < -0.4 is 5.32 Å². The van der Waals surface area contributed by atoms with Crippen molar-refractivity contribution in [3.63, 3.8) is 0 Å². The van der Waals surface area contributed by atoms with Gasteiger partial charge in [-0.2, -0.15) is 11.3 Å². The number of halogens is 1. The van der Waals surface area contributed by atoms with E-state index in [1.54, 1.807) is 11.3 Å². The second-order valence-corrected chi connectivity index (χ2v) is 6.16. The summed E-state index contributed by atoms with van der Waals surface area (Å²) in [5, 5.41) is 8.08. The molecule has 3 heteroatoms. The third-order valence-electron chi connectivity index (χ3n) is 3.82. The number of thiophene rings is 1. The minimum atomic E-state index is 0.615. The van der Waals surface area contributed by atoms with Crippen molar-refractivity contribution in [2.24, 2.45) is 5.41 Å². The molecule has 2 heterocycles. The van der Waals surface area contributed by atoms with Crippen molar-refractivity contribution in [3.05, 3.63) is 20.8 Å². The molecule has 1 atom stereocenters. The van der Waals surface area contributed by atoms with Crippen LogP contribution in [0.4, 0.5) is 0 Å². The van der Waals surface area contributed by atoms with Crippen LogP contribution in [0.1, 0.15) is 37.3 Å². The number of rotatable bonds is 1. The molecule has 14 heavy (non-hydrogen) atoms. The maximum atomic E-state index is 3.64. The molecule has 1 aromatic heterocycles. The average Bonchev–Trinajstić information content (AvgIpc) is 2.75. The Morgan fingerprint density at radius 2 is 2.14 bits per heavy atom. The zero-order valence-electron chi connectivity index (χ0n) is 8.05. The molecule has 1 aliphatic carbocycles. The Bertz CT molecular complexity index is 341. The maximum absolute atomic E-state index is 3.64. The van der Waals surface area contributed by atoms with Crippen LogP contribution in [0.5, 0.6) is 0 Å². The summed E-state index contributed by atoms with van der Waals surface area (Å²) in [6.07, 6.45) is 5.71. The van der Waals surface area contributed by atoms with E-state index >= 15 is 0 Å². The van der Waals surface area contributed by atoms with Crippen LogP contribution in [0, 0.1) is 5.41 Å². The second-order valence-electron chi connectivity index (χ2n) is 4.56. The topological polar surface area (TPSA) is 12.0 Å². The van der Waals surface area contributed by atoms with Crippen LogP contribution in [0.15, 0.2) is 15.2 Å². The molecular weight excluding hydrogens is 258 g/mol. The lowest BCUT2D eigenvalue weighted by molar-refractivity contribution is 0.0893. The van der Waals surface area contributed by atoms with Gasteiger partial charge in [-0.15, -0.1) is 0 Å². The van der Waals surface area contributed by atoms with E-state index in [1.165, 1.54) is 42.3 Å². The van der Waals surface area contributed by atoms with Gasteiger partial charge in [-0.25, -0.2) is 0 Å². The molecule has 0 amide bonds. The molecule has 0 radical (unpaired) electrons. The van der Waals surface area contributed by atoms with Crippen LogP contribution in [0.25, 0.3) is 0 Å². The van der Waals surface area contributed by atoms with Gasteiger partial charge in [0.1, 0.15) is 0 Å². The Morgan fingerprint density at radius 1 is 1.36 bits per heavy atom. The smallest absolute Gasteiger partial charge is 0.0409 e. The van der Waals surface area contributed by atoms with E-state index in [1.807, 2.05) is 0 Å². The minimum absolute atomic E-state index is 0.615. The van der Waals surface area contributed by atoms with Crippen molar-refractivity contribution in [1.82, 2.24) is 5.32 Å². The molecule has 1 aliphatic heterocycles. The number of nitrogens with one attached hydrogen (secondary N) is 1. The van der Waals surface area contributed by atoms with E-state index in [4.69, 9.17) is 0 Å². The Morgan fingerprint density at radius 3 is 2.64 bits per heavy atom. The summed E-state index contributed by atoms with van der Waals surface area (Å²) in [6.45, 7) is 1.24. The van der Waals surface area contributed by atoms with Crippen LogP contribution in [0.3, 0.4) is 0 Å². The molecule has 0 aromatic carbocycles. The average molecular weight is 272 g/mol. The second kappa shape index (κ2) is 3.32. The number of hydrogen-bond acceptors (Lipinski definition) is 2. The first-order chi connectivity index (χ1) is 6.82. The van der Waals surface area contributed by atoms with Crippen molar-refractivity contribution >= 4 is 27.3 Å². The van der Waals surface area contributed by atoms with Gasteiger partial charge in [-0.05, 0) is 39.7 Å². The lowest BCUT2D eigenvalue weighted by Crippen LogP contribution is -2.54. The van der Waals surface area contributed by atoms with Gasteiger partial charge in [0.2, 0.25) is 0 Å². The van der Waals surface area contributed by atoms with Crippen LogP contribution in [0.2, 0.25) is 0 Å². The highest BCUT2D eigenvalue weighted by Gasteiger charge is 2.49. The van der Waals surface area contributed by atoms with E-state index in [2.05, 4.69) is 32.0 Å². The first-order valence-electron chi connectivity index (χ1n) is 5.27. The monoisotopic (exact) mass is 271 g/mol. The van der Waals surface area contributed by atoms with Crippen LogP contribution >= 0.6 is 27.3 Å².